The molecule has 1 heterocycles. The second-order valence-corrected chi connectivity index (χ2v) is 3.88. The van der Waals surface area contributed by atoms with Gasteiger partial charge in [-0.1, -0.05) is 6.92 Å². The van der Waals surface area contributed by atoms with E-state index in [1.54, 1.807) is 6.92 Å². The van der Waals surface area contributed by atoms with Gasteiger partial charge >= 0.3 is 0 Å². The van der Waals surface area contributed by atoms with Crippen LogP contribution in [0, 0.1) is 5.92 Å². The lowest BCUT2D eigenvalue weighted by Gasteiger charge is -2.14. The van der Waals surface area contributed by atoms with E-state index < -0.39 is 0 Å². The first-order valence-corrected chi connectivity index (χ1v) is 4.79. The Morgan fingerprint density at radius 3 is 2.92 bits per heavy atom. The minimum atomic E-state index is 0.292. The number of hydrogen-bond acceptors (Lipinski definition) is 2. The molecule has 1 rings (SSSR count). The Morgan fingerprint density at radius 2 is 2.42 bits per heavy atom. The summed E-state index contributed by atoms with van der Waals surface area (Å²) in [7, 11) is 0. The lowest BCUT2D eigenvalue weighted by atomic mass is 9.97. The monoisotopic (exact) mass is 170 g/mol. The zero-order valence-corrected chi connectivity index (χ0v) is 8.01. The summed E-state index contributed by atoms with van der Waals surface area (Å²) in [6, 6.07) is 0. The van der Waals surface area contributed by atoms with E-state index in [-0.39, 0.29) is 0 Å². The van der Waals surface area contributed by atoms with E-state index in [4.69, 9.17) is 4.74 Å². The van der Waals surface area contributed by atoms with Gasteiger partial charge in [-0.25, -0.2) is 0 Å². The third-order valence-corrected chi connectivity index (χ3v) is 2.33. The van der Waals surface area contributed by atoms with Gasteiger partial charge in [-0.15, -0.1) is 0 Å². The molecule has 0 aromatic heterocycles. The van der Waals surface area contributed by atoms with Gasteiger partial charge < -0.3 is 9.53 Å². The topological polar surface area (TPSA) is 26.3 Å². The van der Waals surface area contributed by atoms with Crippen LogP contribution in [0.1, 0.15) is 39.5 Å². The van der Waals surface area contributed by atoms with Crippen molar-refractivity contribution in [1.82, 2.24) is 0 Å². The Balaban J connectivity index is 2.16. The van der Waals surface area contributed by atoms with Gasteiger partial charge in [0.15, 0.2) is 0 Å². The summed E-state index contributed by atoms with van der Waals surface area (Å²) in [5.41, 5.74) is 0. The van der Waals surface area contributed by atoms with Crippen LogP contribution in [0.5, 0.6) is 0 Å². The molecule has 2 nitrogen and oxygen atoms in total. The highest BCUT2D eigenvalue weighted by Crippen LogP contribution is 2.21. The third kappa shape index (κ3) is 3.35. The summed E-state index contributed by atoms with van der Waals surface area (Å²) < 4.78 is 5.49. The molecule has 1 saturated heterocycles. The van der Waals surface area contributed by atoms with Crippen LogP contribution in [0.25, 0.3) is 0 Å². The van der Waals surface area contributed by atoms with Crippen LogP contribution in [0.2, 0.25) is 0 Å². The molecule has 0 N–H and O–H groups in total. The number of rotatable bonds is 4. The summed E-state index contributed by atoms with van der Waals surface area (Å²) in [5.74, 6) is 0.783. The maximum atomic E-state index is 10.8. The van der Waals surface area contributed by atoms with Gasteiger partial charge in [0.1, 0.15) is 5.78 Å². The van der Waals surface area contributed by atoms with Crippen LogP contribution in [0.4, 0.5) is 0 Å². The van der Waals surface area contributed by atoms with Crippen LogP contribution < -0.4 is 0 Å². The Kier molecular flexibility index (Phi) is 3.73. The fraction of sp³-hybridized carbons (Fsp3) is 0.900. The summed E-state index contributed by atoms with van der Waals surface area (Å²) >= 11 is 0. The van der Waals surface area contributed by atoms with Crippen LogP contribution in [-0.2, 0) is 9.53 Å². The largest absolute Gasteiger partial charge is 0.378 e. The van der Waals surface area contributed by atoms with Gasteiger partial charge in [-0.3, -0.25) is 0 Å². The number of Topliss-reactive ketones (excluding diaryl/α,β-unsaturated/α-hetero) is 1. The summed E-state index contributed by atoms with van der Waals surface area (Å²) in [5, 5.41) is 0. The first-order chi connectivity index (χ1) is 5.68. The lowest BCUT2D eigenvalue weighted by molar-refractivity contribution is -0.117. The molecule has 0 bridgehead atoms. The fourth-order valence-corrected chi connectivity index (χ4v) is 1.85. The van der Waals surface area contributed by atoms with Gasteiger partial charge in [0.05, 0.1) is 6.10 Å². The summed E-state index contributed by atoms with van der Waals surface area (Å²) in [4.78, 5) is 10.8. The molecule has 12 heavy (non-hydrogen) atoms. The number of carbonyl (C=O) groups is 1. The zero-order valence-electron chi connectivity index (χ0n) is 8.01. The molecule has 2 unspecified atom stereocenters. The number of hydrogen-bond donors (Lipinski definition) is 0. The quantitative estimate of drug-likeness (QED) is 0.646. The highest BCUT2D eigenvalue weighted by Gasteiger charge is 2.18. The van der Waals surface area contributed by atoms with E-state index in [0.717, 1.165) is 13.0 Å². The van der Waals surface area contributed by atoms with E-state index in [2.05, 4.69) is 6.92 Å². The van der Waals surface area contributed by atoms with Crippen molar-refractivity contribution in [3.63, 3.8) is 0 Å². The van der Waals surface area contributed by atoms with Gasteiger partial charge in [-0.05, 0) is 32.1 Å². The molecule has 0 aromatic rings. The van der Waals surface area contributed by atoms with Crippen molar-refractivity contribution >= 4 is 5.78 Å². The van der Waals surface area contributed by atoms with E-state index in [1.165, 1.54) is 12.8 Å². The highest BCUT2D eigenvalue weighted by molar-refractivity contribution is 5.75. The summed E-state index contributed by atoms with van der Waals surface area (Å²) in [6.07, 6.45) is 4.57. The lowest BCUT2D eigenvalue weighted by Crippen LogP contribution is -2.12. The first kappa shape index (κ1) is 9.72. The van der Waals surface area contributed by atoms with Crippen molar-refractivity contribution in [3.05, 3.63) is 0 Å². The minimum absolute atomic E-state index is 0.292. The maximum absolute atomic E-state index is 10.8. The van der Waals surface area contributed by atoms with Crippen molar-refractivity contribution in [2.75, 3.05) is 6.61 Å². The molecule has 1 fully saturated rings. The van der Waals surface area contributed by atoms with Crippen molar-refractivity contribution < 1.29 is 9.53 Å². The Labute approximate surface area is 74.3 Å². The van der Waals surface area contributed by atoms with E-state index in [1.807, 2.05) is 0 Å². The third-order valence-electron chi connectivity index (χ3n) is 2.33. The summed E-state index contributed by atoms with van der Waals surface area (Å²) in [6.45, 7) is 4.70. The molecule has 0 amide bonds. The maximum Gasteiger partial charge on any atom is 0.130 e. The molecule has 0 radical (unpaired) electrons. The van der Waals surface area contributed by atoms with Crippen molar-refractivity contribution in [3.8, 4) is 0 Å². The fourth-order valence-electron chi connectivity index (χ4n) is 1.85. The molecule has 1 aliphatic heterocycles. The van der Waals surface area contributed by atoms with Gasteiger partial charge in [0, 0.05) is 13.0 Å². The molecule has 0 spiro atoms. The average molecular weight is 170 g/mol. The Bertz CT molecular complexity index is 148. The van der Waals surface area contributed by atoms with Crippen LogP contribution in [0.3, 0.4) is 0 Å². The van der Waals surface area contributed by atoms with E-state index in [0.29, 0.717) is 24.2 Å². The number of ether oxygens (including phenoxy) is 1. The van der Waals surface area contributed by atoms with Crippen LogP contribution >= 0.6 is 0 Å². The smallest absolute Gasteiger partial charge is 0.130 e. The minimum Gasteiger partial charge on any atom is -0.378 e. The van der Waals surface area contributed by atoms with Gasteiger partial charge in [-0.2, -0.15) is 0 Å². The van der Waals surface area contributed by atoms with Gasteiger partial charge in [0.25, 0.3) is 0 Å². The normalized spacial score (nSPS) is 25.7. The molecule has 0 aliphatic carbocycles. The molecular weight excluding hydrogens is 152 g/mol. The highest BCUT2D eigenvalue weighted by atomic mass is 16.5. The molecule has 1 aliphatic rings. The Hall–Kier alpha value is -0.370. The second-order valence-electron chi connectivity index (χ2n) is 3.88. The number of carbonyl (C=O) groups excluding carboxylic acids is 1. The molecule has 70 valence electrons. The molecule has 2 heteroatoms. The van der Waals surface area contributed by atoms with Crippen LogP contribution in [0.15, 0.2) is 0 Å². The standard InChI is InChI=1S/C10H18O2/c1-8(6-9(2)11)7-10-4-3-5-12-10/h8,10H,3-7H2,1-2H3. The molecule has 2 atom stereocenters. The van der Waals surface area contributed by atoms with Crippen molar-refractivity contribution in [2.24, 2.45) is 5.92 Å². The molecule has 0 aromatic carbocycles. The van der Waals surface area contributed by atoms with Gasteiger partial charge in [0.2, 0.25) is 0 Å². The first-order valence-electron chi connectivity index (χ1n) is 4.79. The van der Waals surface area contributed by atoms with E-state index >= 15 is 0 Å². The average Bonchev–Trinajstić information content (AvgIpc) is 2.37. The number of ketones is 1. The predicted molar refractivity (Wildman–Crippen MR) is 48.1 cm³/mol. The van der Waals surface area contributed by atoms with E-state index in [9.17, 15) is 4.79 Å². The second kappa shape index (κ2) is 4.61. The molecule has 0 saturated carbocycles. The SMILES string of the molecule is CC(=O)CC(C)CC1CCCO1. The predicted octanol–water partition coefficient (Wildman–Crippen LogP) is 2.17. The van der Waals surface area contributed by atoms with Crippen molar-refractivity contribution in [1.29, 1.82) is 0 Å². The van der Waals surface area contributed by atoms with Crippen molar-refractivity contribution in [2.45, 2.75) is 45.6 Å². The molecular formula is C10H18O2. The van der Waals surface area contributed by atoms with Crippen LogP contribution in [-0.4, -0.2) is 18.5 Å². The zero-order chi connectivity index (χ0) is 8.97. The Morgan fingerprint density at radius 1 is 1.67 bits per heavy atom.